The van der Waals surface area contributed by atoms with Crippen molar-refractivity contribution < 1.29 is 0 Å². The van der Waals surface area contributed by atoms with Crippen LogP contribution >= 0.6 is 0 Å². The maximum Gasteiger partial charge on any atom is 0.0299 e. The molecule has 1 saturated carbocycles. The maximum absolute atomic E-state index is 4.21. The minimum Gasteiger partial charge on any atom is -0.264 e. The number of pyridine rings is 1. The number of hydrogen-bond acceptors (Lipinski definition) is 1. The van der Waals surface area contributed by atoms with Crippen LogP contribution in [0, 0.1) is 11.8 Å². The Hall–Kier alpha value is -0.850. The lowest BCUT2D eigenvalue weighted by Gasteiger charge is -2.15. The van der Waals surface area contributed by atoms with E-state index in [-0.39, 0.29) is 0 Å². The van der Waals surface area contributed by atoms with Gasteiger partial charge in [-0.2, -0.15) is 0 Å². The lowest BCUT2D eigenvalue weighted by atomic mass is 9.90. The highest BCUT2D eigenvalue weighted by atomic mass is 14.6. The van der Waals surface area contributed by atoms with Crippen LogP contribution in [0.25, 0.3) is 0 Å². The highest BCUT2D eigenvalue weighted by molar-refractivity contribution is 5.10. The summed E-state index contributed by atoms with van der Waals surface area (Å²) < 4.78 is 0. The van der Waals surface area contributed by atoms with Crippen LogP contribution in [0.5, 0.6) is 0 Å². The van der Waals surface area contributed by atoms with Gasteiger partial charge in [0.05, 0.1) is 0 Å². The van der Waals surface area contributed by atoms with Gasteiger partial charge in [0.15, 0.2) is 0 Å². The summed E-state index contributed by atoms with van der Waals surface area (Å²) in [5, 5.41) is 0. The third-order valence-corrected chi connectivity index (χ3v) is 3.69. The van der Waals surface area contributed by atoms with Crippen LogP contribution in [-0.2, 0) is 6.42 Å². The third kappa shape index (κ3) is 3.62. The van der Waals surface area contributed by atoms with E-state index in [4.69, 9.17) is 0 Å². The summed E-state index contributed by atoms with van der Waals surface area (Å²) in [6.07, 6.45) is 13.7. The number of nitrogens with zero attached hydrogens (tertiary/aromatic N) is 1. The molecule has 1 unspecified atom stereocenters. The van der Waals surface area contributed by atoms with Gasteiger partial charge in [0.25, 0.3) is 0 Å². The second kappa shape index (κ2) is 6.03. The van der Waals surface area contributed by atoms with Crippen molar-refractivity contribution in [2.75, 3.05) is 0 Å². The number of unbranched alkanes of at least 4 members (excludes halogenated alkanes) is 2. The predicted octanol–water partition coefficient (Wildman–Crippen LogP) is 4.23. The van der Waals surface area contributed by atoms with Crippen LogP contribution in [0.4, 0.5) is 0 Å². The standard InChI is InChI=1S/C15H23N/c1-2-3-4-7-15(14-8-9-14)11-13-6-5-10-16-12-13/h5-6,10,12,14-15H,2-4,7-9,11H2,1H3. The zero-order valence-corrected chi connectivity index (χ0v) is 10.4. The van der Waals surface area contributed by atoms with E-state index in [9.17, 15) is 0 Å². The second-order valence-corrected chi connectivity index (χ2v) is 5.16. The van der Waals surface area contributed by atoms with Gasteiger partial charge in [-0.3, -0.25) is 4.98 Å². The molecule has 88 valence electrons. The molecule has 0 amide bonds. The third-order valence-electron chi connectivity index (χ3n) is 3.69. The summed E-state index contributed by atoms with van der Waals surface area (Å²) in [5.74, 6) is 1.95. The molecule has 1 aliphatic rings. The highest BCUT2D eigenvalue weighted by Gasteiger charge is 2.30. The zero-order chi connectivity index (χ0) is 11.2. The molecule has 1 aliphatic carbocycles. The molecule has 1 nitrogen and oxygen atoms in total. The largest absolute Gasteiger partial charge is 0.264 e. The molecule has 0 bridgehead atoms. The molecule has 1 aromatic heterocycles. The summed E-state index contributed by atoms with van der Waals surface area (Å²) in [4.78, 5) is 4.21. The topological polar surface area (TPSA) is 12.9 Å². The molecule has 0 saturated heterocycles. The van der Waals surface area contributed by atoms with Crippen LogP contribution in [0.3, 0.4) is 0 Å². The quantitative estimate of drug-likeness (QED) is 0.623. The molecule has 1 atom stereocenters. The first-order valence-electron chi connectivity index (χ1n) is 6.79. The Kier molecular flexibility index (Phi) is 4.38. The van der Waals surface area contributed by atoms with E-state index >= 15 is 0 Å². The normalized spacial score (nSPS) is 17.3. The van der Waals surface area contributed by atoms with Crippen LogP contribution < -0.4 is 0 Å². The predicted molar refractivity (Wildman–Crippen MR) is 68.3 cm³/mol. The molecule has 16 heavy (non-hydrogen) atoms. The summed E-state index contributed by atoms with van der Waals surface area (Å²) in [5.41, 5.74) is 1.43. The molecule has 2 rings (SSSR count). The molecule has 0 aromatic carbocycles. The van der Waals surface area contributed by atoms with Gasteiger partial charge in [-0.1, -0.05) is 32.3 Å². The molecule has 1 fully saturated rings. The van der Waals surface area contributed by atoms with Gasteiger partial charge >= 0.3 is 0 Å². The lowest BCUT2D eigenvalue weighted by molar-refractivity contribution is 0.406. The summed E-state index contributed by atoms with van der Waals surface area (Å²) in [6.45, 7) is 2.28. The first-order valence-corrected chi connectivity index (χ1v) is 6.79. The highest BCUT2D eigenvalue weighted by Crippen LogP contribution is 2.40. The fourth-order valence-corrected chi connectivity index (χ4v) is 2.55. The van der Waals surface area contributed by atoms with Crippen molar-refractivity contribution in [2.24, 2.45) is 11.8 Å². The summed E-state index contributed by atoms with van der Waals surface area (Å²) in [6, 6.07) is 4.29. The number of rotatable bonds is 7. The summed E-state index contributed by atoms with van der Waals surface area (Å²) in [7, 11) is 0. The van der Waals surface area contributed by atoms with Gasteiger partial charge in [0.1, 0.15) is 0 Å². The van der Waals surface area contributed by atoms with Gasteiger partial charge in [0.2, 0.25) is 0 Å². The maximum atomic E-state index is 4.21. The van der Waals surface area contributed by atoms with Crippen molar-refractivity contribution in [3.8, 4) is 0 Å². The van der Waals surface area contributed by atoms with Gasteiger partial charge in [-0.05, 0) is 49.1 Å². The fraction of sp³-hybridized carbons (Fsp3) is 0.667. The van der Waals surface area contributed by atoms with Crippen molar-refractivity contribution in [1.29, 1.82) is 0 Å². The van der Waals surface area contributed by atoms with Crippen molar-refractivity contribution in [3.05, 3.63) is 30.1 Å². The van der Waals surface area contributed by atoms with Crippen LogP contribution in [0.2, 0.25) is 0 Å². The van der Waals surface area contributed by atoms with Crippen molar-refractivity contribution in [3.63, 3.8) is 0 Å². The van der Waals surface area contributed by atoms with Crippen molar-refractivity contribution in [2.45, 2.75) is 51.9 Å². The Bertz CT molecular complexity index is 290. The SMILES string of the molecule is CCCCCC(Cc1cccnc1)C1CC1. The Morgan fingerprint density at radius 3 is 2.88 bits per heavy atom. The molecule has 1 heteroatoms. The van der Waals surface area contributed by atoms with Crippen LogP contribution in [-0.4, -0.2) is 4.98 Å². The molecule has 0 N–H and O–H groups in total. The van der Waals surface area contributed by atoms with Crippen LogP contribution in [0.15, 0.2) is 24.5 Å². The fourth-order valence-electron chi connectivity index (χ4n) is 2.55. The molecule has 0 aliphatic heterocycles. The van der Waals surface area contributed by atoms with Crippen molar-refractivity contribution in [1.82, 2.24) is 4.98 Å². The minimum atomic E-state index is 0.927. The monoisotopic (exact) mass is 217 g/mol. The molecular weight excluding hydrogens is 194 g/mol. The second-order valence-electron chi connectivity index (χ2n) is 5.16. The molecule has 1 aromatic rings. The van der Waals surface area contributed by atoms with Gasteiger partial charge in [0, 0.05) is 12.4 Å². The summed E-state index contributed by atoms with van der Waals surface area (Å²) >= 11 is 0. The Balaban J connectivity index is 1.83. The molecule has 1 heterocycles. The zero-order valence-electron chi connectivity index (χ0n) is 10.4. The van der Waals surface area contributed by atoms with E-state index in [1.807, 2.05) is 12.4 Å². The Morgan fingerprint density at radius 1 is 1.38 bits per heavy atom. The Labute approximate surface area is 99.3 Å². The van der Waals surface area contributed by atoms with E-state index < -0.39 is 0 Å². The minimum absolute atomic E-state index is 0.927. The first kappa shape index (κ1) is 11.6. The lowest BCUT2D eigenvalue weighted by Crippen LogP contribution is -2.07. The first-order chi connectivity index (χ1) is 7.90. The Morgan fingerprint density at radius 2 is 2.25 bits per heavy atom. The van der Waals surface area contributed by atoms with Crippen LogP contribution in [0.1, 0.15) is 51.0 Å². The average Bonchev–Trinajstić information content (AvgIpc) is 3.13. The molecule has 0 spiro atoms. The van der Waals surface area contributed by atoms with E-state index in [0.29, 0.717) is 0 Å². The van der Waals surface area contributed by atoms with Gasteiger partial charge in [-0.15, -0.1) is 0 Å². The van der Waals surface area contributed by atoms with Crippen molar-refractivity contribution >= 4 is 0 Å². The van der Waals surface area contributed by atoms with E-state index in [0.717, 1.165) is 11.8 Å². The van der Waals surface area contributed by atoms with E-state index in [2.05, 4.69) is 24.0 Å². The number of hydrogen-bond donors (Lipinski definition) is 0. The van der Waals surface area contributed by atoms with E-state index in [1.165, 1.54) is 50.5 Å². The smallest absolute Gasteiger partial charge is 0.0299 e. The average molecular weight is 217 g/mol. The molecular formula is C15H23N. The number of aromatic nitrogens is 1. The van der Waals surface area contributed by atoms with Gasteiger partial charge < -0.3 is 0 Å². The van der Waals surface area contributed by atoms with E-state index in [1.54, 1.807) is 0 Å². The molecule has 0 radical (unpaired) electrons. The van der Waals surface area contributed by atoms with Gasteiger partial charge in [-0.25, -0.2) is 0 Å².